The van der Waals surface area contributed by atoms with Crippen LogP contribution in [0, 0.1) is 0 Å². The Morgan fingerprint density at radius 1 is 0.238 bits per heavy atom. The fourth-order valence-electron chi connectivity index (χ4n) is 9.04. The van der Waals surface area contributed by atoms with Crippen molar-refractivity contribution in [3.8, 4) is 0 Å². The molecule has 0 aromatic heterocycles. The van der Waals surface area contributed by atoms with Crippen molar-refractivity contribution in [1.29, 1.82) is 0 Å². The molecule has 0 aromatic carbocycles. The van der Waals surface area contributed by atoms with E-state index in [1.165, 1.54) is 318 Å². The Hall–Kier alpha value is -0.210. The van der Waals surface area contributed by atoms with Crippen LogP contribution in [0.25, 0.3) is 0 Å². The molecule has 0 saturated carbocycles. The maximum Gasteiger partial charge on any atom is 0.0782 e. The van der Waals surface area contributed by atoms with E-state index in [1.54, 1.807) is 0 Å². The van der Waals surface area contributed by atoms with E-state index in [4.69, 9.17) is 17.5 Å². The molecule has 0 unspecified atom stereocenters. The lowest BCUT2D eigenvalue weighted by molar-refractivity contribution is -0.890. The molecule has 384 valence electrons. The van der Waals surface area contributed by atoms with Crippen molar-refractivity contribution in [3.05, 3.63) is 0 Å². The van der Waals surface area contributed by atoms with Gasteiger partial charge in [0.2, 0.25) is 0 Å². The molecule has 7 heteroatoms. The summed E-state index contributed by atoms with van der Waals surface area (Å²) >= 11 is 0. The topological polar surface area (TPSA) is 80.3 Å². The number of rotatable bonds is 48. The largest absolute Gasteiger partial charge is 0.759 e. The summed E-state index contributed by atoms with van der Waals surface area (Å²) in [4.78, 5) is 0. The van der Waals surface area contributed by atoms with Gasteiger partial charge in [0.15, 0.2) is 0 Å². The number of unbranched alkanes of at least 4 members (excludes halogenated alkanes) is 40. The van der Waals surface area contributed by atoms with E-state index in [-0.39, 0.29) is 0 Å². The first-order valence-corrected chi connectivity index (χ1v) is 29.9. The monoisotopic (exact) mass is 917 g/mol. The Bertz CT molecular complexity index is 874. The van der Waals surface area contributed by atoms with Crippen LogP contribution in [0.1, 0.15) is 310 Å². The Balaban J connectivity index is -0.00000103. The fraction of sp³-hybridized carbons (Fsp3) is 1.00. The minimum Gasteiger partial charge on any atom is -0.759 e. The predicted octanol–water partition coefficient (Wildman–Crippen LogP) is 18.0. The van der Waals surface area contributed by atoms with Crippen molar-refractivity contribution in [2.45, 2.75) is 310 Å². The Morgan fingerprint density at radius 2 is 0.333 bits per heavy atom. The standard InChI is InChI=1S/2C28H60N.H2O4S/c2*1-5-7-9-11-13-14-15-16-17-18-19-20-21-22-24-26-28-29(3,4)27-25-23-12-10-8-6-2;1-5(2,3)4/h2*5-28H2,1-4H3;(H2,1,2,3,4)/q2*+1;/p-2. The van der Waals surface area contributed by atoms with Gasteiger partial charge in [-0.1, -0.05) is 259 Å². The molecule has 63 heavy (non-hydrogen) atoms. The predicted molar refractivity (Wildman–Crippen MR) is 280 cm³/mol. The molecule has 0 fully saturated rings. The third-order valence-corrected chi connectivity index (χ3v) is 13.5. The van der Waals surface area contributed by atoms with Gasteiger partial charge in [-0.2, -0.15) is 0 Å². The fourth-order valence-corrected chi connectivity index (χ4v) is 9.04. The molecule has 0 spiro atoms. The van der Waals surface area contributed by atoms with Crippen LogP contribution in [-0.4, -0.2) is 80.9 Å². The summed E-state index contributed by atoms with van der Waals surface area (Å²) in [6.07, 6.45) is 64.0. The van der Waals surface area contributed by atoms with Crippen LogP contribution in [0.5, 0.6) is 0 Å². The Kier molecular flexibility index (Phi) is 56.2. The van der Waals surface area contributed by atoms with Gasteiger partial charge in [0.25, 0.3) is 0 Å². The van der Waals surface area contributed by atoms with Crippen LogP contribution in [-0.2, 0) is 10.4 Å². The lowest BCUT2D eigenvalue weighted by atomic mass is 10.0. The first kappa shape index (κ1) is 67.1. The smallest absolute Gasteiger partial charge is 0.0782 e. The molecule has 0 atom stereocenters. The molecule has 0 heterocycles. The summed E-state index contributed by atoms with van der Waals surface area (Å²) in [6.45, 7) is 14.7. The second kappa shape index (κ2) is 52.8. The highest BCUT2D eigenvalue weighted by Crippen LogP contribution is 2.17. The van der Waals surface area contributed by atoms with Crippen LogP contribution >= 0.6 is 0 Å². The molecule has 6 nitrogen and oxygen atoms in total. The molecule has 0 aliphatic heterocycles. The van der Waals surface area contributed by atoms with E-state index in [9.17, 15) is 0 Å². The van der Waals surface area contributed by atoms with E-state index in [0.717, 1.165) is 0 Å². The zero-order chi connectivity index (χ0) is 47.4. The summed E-state index contributed by atoms with van der Waals surface area (Å²) in [5, 5.41) is 0. The van der Waals surface area contributed by atoms with Crippen LogP contribution in [0.15, 0.2) is 0 Å². The van der Waals surface area contributed by atoms with Gasteiger partial charge >= 0.3 is 0 Å². The quantitative estimate of drug-likeness (QED) is 0.0264. The number of nitrogens with zero attached hydrogens (tertiary/aromatic N) is 2. The summed E-state index contributed by atoms with van der Waals surface area (Å²) < 4.78 is 36.6. The molecule has 0 aliphatic carbocycles. The second-order valence-electron chi connectivity index (χ2n) is 21.3. The van der Waals surface area contributed by atoms with E-state index >= 15 is 0 Å². The third-order valence-electron chi connectivity index (χ3n) is 13.5. The van der Waals surface area contributed by atoms with Crippen LogP contribution in [0.4, 0.5) is 0 Å². The molecule has 0 rings (SSSR count). The number of hydrogen-bond acceptors (Lipinski definition) is 4. The lowest BCUT2D eigenvalue weighted by Crippen LogP contribution is -2.41. The maximum atomic E-state index is 8.52. The minimum absolute atomic E-state index is 1.24. The van der Waals surface area contributed by atoms with Gasteiger partial charge < -0.3 is 18.1 Å². The first-order chi connectivity index (χ1) is 30.2. The molecule has 0 saturated heterocycles. The van der Waals surface area contributed by atoms with E-state index in [2.05, 4.69) is 55.9 Å². The minimum atomic E-state index is -5.17. The molecule has 0 bridgehead atoms. The molecule has 0 amide bonds. The van der Waals surface area contributed by atoms with E-state index in [0.29, 0.717) is 0 Å². The van der Waals surface area contributed by atoms with Crippen molar-refractivity contribution in [2.75, 3.05) is 54.4 Å². The van der Waals surface area contributed by atoms with Crippen LogP contribution < -0.4 is 0 Å². The molecule has 0 aliphatic rings. The van der Waals surface area contributed by atoms with Gasteiger partial charge in [-0.05, 0) is 51.4 Å². The molecule has 0 N–H and O–H groups in total. The maximum absolute atomic E-state index is 8.52. The van der Waals surface area contributed by atoms with Gasteiger partial charge in [-0.15, -0.1) is 0 Å². The normalized spacial score (nSPS) is 12.0. The van der Waals surface area contributed by atoms with Gasteiger partial charge in [-0.25, -0.2) is 0 Å². The van der Waals surface area contributed by atoms with Crippen molar-refractivity contribution >= 4 is 10.4 Å². The average molecular weight is 918 g/mol. The first-order valence-electron chi connectivity index (χ1n) is 28.5. The van der Waals surface area contributed by atoms with Crippen molar-refractivity contribution in [1.82, 2.24) is 0 Å². The van der Waals surface area contributed by atoms with Crippen molar-refractivity contribution in [3.63, 3.8) is 0 Å². The van der Waals surface area contributed by atoms with Gasteiger partial charge in [0.05, 0.1) is 54.4 Å². The summed E-state index contributed by atoms with van der Waals surface area (Å²) in [7, 11) is 4.60. The molecule has 0 aromatic rings. The summed E-state index contributed by atoms with van der Waals surface area (Å²) in [6, 6.07) is 0. The van der Waals surface area contributed by atoms with E-state index in [1.807, 2.05) is 0 Å². The zero-order valence-corrected chi connectivity index (χ0v) is 45.7. The Labute approximate surface area is 399 Å². The summed E-state index contributed by atoms with van der Waals surface area (Å²) in [5.41, 5.74) is 0. The number of quaternary nitrogens is 2. The highest BCUT2D eigenvalue weighted by Gasteiger charge is 2.14. The number of hydrogen-bond donors (Lipinski definition) is 0. The van der Waals surface area contributed by atoms with Crippen molar-refractivity contribution < 1.29 is 26.5 Å². The Morgan fingerprint density at radius 3 is 0.444 bits per heavy atom. The molecule has 0 radical (unpaired) electrons. The molecular weight excluding hydrogens is 797 g/mol. The van der Waals surface area contributed by atoms with Crippen molar-refractivity contribution in [2.24, 2.45) is 0 Å². The SMILES string of the molecule is CCCCCCCCCCCCCCCCCC[N+](C)(C)CCCCCCCC.CCCCCCCCCCCCCCCCCC[N+](C)(C)CCCCCCCC.O=S(=O)([O-])[O-]. The van der Waals surface area contributed by atoms with Gasteiger partial charge in [-0.3, -0.25) is 8.42 Å². The van der Waals surface area contributed by atoms with E-state index < -0.39 is 10.4 Å². The zero-order valence-electron chi connectivity index (χ0n) is 44.9. The lowest BCUT2D eigenvalue weighted by Gasteiger charge is -2.30. The second-order valence-corrected chi connectivity index (χ2v) is 22.1. The summed E-state index contributed by atoms with van der Waals surface area (Å²) in [5.74, 6) is 0. The third kappa shape index (κ3) is 71.0. The van der Waals surface area contributed by atoms with Gasteiger partial charge in [0, 0.05) is 10.4 Å². The average Bonchev–Trinajstić information content (AvgIpc) is 3.22. The highest BCUT2D eigenvalue weighted by molar-refractivity contribution is 7.79. The highest BCUT2D eigenvalue weighted by atomic mass is 32.3. The molecular formula is C56H120N2O4S. The van der Waals surface area contributed by atoms with Gasteiger partial charge in [0.1, 0.15) is 0 Å². The van der Waals surface area contributed by atoms with Crippen LogP contribution in [0.3, 0.4) is 0 Å². The van der Waals surface area contributed by atoms with Crippen LogP contribution in [0.2, 0.25) is 0 Å².